The zero-order valence-corrected chi connectivity index (χ0v) is 22.5. The van der Waals surface area contributed by atoms with Gasteiger partial charge in [0.25, 0.3) is 5.91 Å². The topological polar surface area (TPSA) is 98.1 Å². The molecular weight excluding hydrogens is 540 g/mol. The molecule has 5 aromatic rings. The number of halogens is 2. The first-order valence-corrected chi connectivity index (χ1v) is 13.1. The number of nitrogens with one attached hydrogen (secondary N) is 2. The van der Waals surface area contributed by atoms with Crippen LogP contribution in [0.25, 0.3) is 11.1 Å². The highest BCUT2D eigenvalue weighted by Gasteiger charge is 2.34. The fourth-order valence-corrected chi connectivity index (χ4v) is 4.80. The molecule has 8 nitrogen and oxygen atoms in total. The number of pyridine rings is 1. The largest absolute Gasteiger partial charge is 0.494 e. The van der Waals surface area contributed by atoms with Crippen molar-refractivity contribution in [3.63, 3.8) is 0 Å². The van der Waals surface area contributed by atoms with Crippen molar-refractivity contribution in [2.75, 3.05) is 12.4 Å². The van der Waals surface area contributed by atoms with Crippen molar-refractivity contribution < 1.29 is 23.1 Å². The lowest BCUT2D eigenvalue weighted by molar-refractivity contribution is -0.118. The molecule has 0 saturated heterocycles. The SMILES string of the molecule is COc1cnccc1-c1ccc(NC(=O)[C@@H](NC(=O)c2ccnn2C(F)F)C(c2ccccc2)c2ccccc2)cc1. The highest BCUT2D eigenvalue weighted by Crippen LogP contribution is 2.31. The van der Waals surface area contributed by atoms with E-state index in [1.807, 2.05) is 78.9 Å². The Morgan fingerprint density at radius 1 is 0.833 bits per heavy atom. The van der Waals surface area contributed by atoms with Gasteiger partial charge in [-0.25, -0.2) is 0 Å². The van der Waals surface area contributed by atoms with Crippen molar-refractivity contribution >= 4 is 17.5 Å². The molecule has 212 valence electrons. The number of aromatic nitrogens is 3. The Morgan fingerprint density at radius 2 is 1.48 bits per heavy atom. The van der Waals surface area contributed by atoms with Crippen molar-refractivity contribution in [2.45, 2.75) is 18.5 Å². The maximum atomic E-state index is 14.0. The zero-order chi connectivity index (χ0) is 29.5. The van der Waals surface area contributed by atoms with Crippen LogP contribution in [0.4, 0.5) is 14.5 Å². The number of nitrogens with zero attached hydrogens (tertiary/aromatic N) is 3. The molecule has 0 aliphatic heterocycles. The standard InChI is InChI=1S/C32H27F2N5O3/c1-42-27-20-35-18-16-25(27)21-12-14-24(15-13-21)37-31(41)29(38-30(40)26-17-19-36-39(26)32(33)34)28(22-8-4-2-5-9-22)23-10-6-3-7-11-23/h2-20,28-29,32H,1H3,(H,37,41)(H,38,40)/t29-/m0/s1. The Hall–Kier alpha value is -5.38. The summed E-state index contributed by atoms with van der Waals surface area (Å²) in [6.45, 7) is -3.02. The van der Waals surface area contributed by atoms with Gasteiger partial charge in [-0.1, -0.05) is 72.8 Å². The monoisotopic (exact) mass is 567 g/mol. The van der Waals surface area contributed by atoms with E-state index in [1.54, 1.807) is 31.6 Å². The van der Waals surface area contributed by atoms with Gasteiger partial charge in [0.1, 0.15) is 17.5 Å². The summed E-state index contributed by atoms with van der Waals surface area (Å²) in [6.07, 6.45) is 4.39. The van der Waals surface area contributed by atoms with E-state index in [-0.39, 0.29) is 5.69 Å². The summed E-state index contributed by atoms with van der Waals surface area (Å²) >= 11 is 0. The predicted octanol–water partition coefficient (Wildman–Crippen LogP) is 5.92. The van der Waals surface area contributed by atoms with Crippen LogP contribution in [0, 0.1) is 0 Å². The number of anilines is 1. The second-order valence-corrected chi connectivity index (χ2v) is 9.33. The summed E-state index contributed by atoms with van der Waals surface area (Å²) in [4.78, 5) is 31.4. The smallest absolute Gasteiger partial charge is 0.333 e. The van der Waals surface area contributed by atoms with Crippen LogP contribution in [-0.4, -0.2) is 39.7 Å². The number of amides is 2. The van der Waals surface area contributed by atoms with E-state index in [0.717, 1.165) is 28.5 Å². The van der Waals surface area contributed by atoms with Crippen molar-refractivity contribution in [1.82, 2.24) is 20.1 Å². The number of benzene rings is 3. The molecule has 1 atom stereocenters. The minimum absolute atomic E-state index is 0.316. The van der Waals surface area contributed by atoms with Gasteiger partial charge in [0.2, 0.25) is 5.91 Å². The molecule has 2 heterocycles. The third kappa shape index (κ3) is 6.17. The quantitative estimate of drug-likeness (QED) is 0.218. The van der Waals surface area contributed by atoms with Crippen molar-refractivity contribution in [3.05, 3.63) is 132 Å². The van der Waals surface area contributed by atoms with E-state index in [9.17, 15) is 18.4 Å². The van der Waals surface area contributed by atoms with Gasteiger partial charge < -0.3 is 15.4 Å². The number of ether oxygens (including phenoxy) is 1. The van der Waals surface area contributed by atoms with Crippen LogP contribution in [0.15, 0.2) is 116 Å². The zero-order valence-electron chi connectivity index (χ0n) is 22.5. The van der Waals surface area contributed by atoms with Gasteiger partial charge in [0.05, 0.1) is 13.3 Å². The molecule has 42 heavy (non-hydrogen) atoms. The van der Waals surface area contributed by atoms with E-state index >= 15 is 0 Å². The first kappa shape index (κ1) is 28.2. The van der Waals surface area contributed by atoms with E-state index in [0.29, 0.717) is 16.1 Å². The molecule has 10 heteroatoms. The highest BCUT2D eigenvalue weighted by atomic mass is 19.3. The van der Waals surface area contributed by atoms with Gasteiger partial charge in [-0.2, -0.15) is 18.6 Å². The molecule has 0 fully saturated rings. The average molecular weight is 568 g/mol. The van der Waals surface area contributed by atoms with Crippen molar-refractivity contribution in [3.8, 4) is 16.9 Å². The molecule has 0 unspecified atom stereocenters. The minimum atomic E-state index is -3.02. The number of hydrogen-bond acceptors (Lipinski definition) is 5. The number of methoxy groups -OCH3 is 1. The van der Waals surface area contributed by atoms with Crippen LogP contribution in [-0.2, 0) is 4.79 Å². The van der Waals surface area contributed by atoms with Gasteiger partial charge in [-0.3, -0.25) is 14.6 Å². The Balaban J connectivity index is 1.49. The maximum absolute atomic E-state index is 14.0. The molecular formula is C32H27F2N5O3. The number of alkyl halides is 2. The molecule has 2 amide bonds. The van der Waals surface area contributed by atoms with Gasteiger partial charge in [0, 0.05) is 29.6 Å². The summed E-state index contributed by atoms with van der Waals surface area (Å²) in [7, 11) is 1.56. The Bertz CT molecular complexity index is 1600. The molecule has 0 bridgehead atoms. The maximum Gasteiger partial charge on any atom is 0.333 e. The summed E-state index contributed by atoms with van der Waals surface area (Å²) in [5, 5.41) is 9.16. The second kappa shape index (κ2) is 12.9. The lowest BCUT2D eigenvalue weighted by Gasteiger charge is -2.28. The normalized spacial score (nSPS) is 11.7. The molecule has 0 aliphatic carbocycles. The Morgan fingerprint density at radius 3 is 2.07 bits per heavy atom. The van der Waals surface area contributed by atoms with Gasteiger partial charge in [-0.05, 0) is 41.0 Å². The molecule has 2 aromatic heterocycles. The van der Waals surface area contributed by atoms with Gasteiger partial charge >= 0.3 is 6.55 Å². The van der Waals surface area contributed by atoms with E-state index < -0.39 is 30.3 Å². The summed E-state index contributed by atoms with van der Waals surface area (Å²) < 4.78 is 32.8. The van der Waals surface area contributed by atoms with Crippen LogP contribution in [0.5, 0.6) is 5.75 Å². The third-order valence-corrected chi connectivity index (χ3v) is 6.78. The number of rotatable bonds is 10. The molecule has 0 saturated carbocycles. The third-order valence-electron chi connectivity index (χ3n) is 6.78. The number of hydrogen-bond donors (Lipinski definition) is 2. The molecule has 0 aliphatic rings. The lowest BCUT2D eigenvalue weighted by atomic mass is 9.84. The van der Waals surface area contributed by atoms with Crippen LogP contribution < -0.4 is 15.4 Å². The first-order chi connectivity index (χ1) is 20.5. The van der Waals surface area contributed by atoms with E-state index in [2.05, 4.69) is 20.7 Å². The first-order valence-electron chi connectivity index (χ1n) is 13.1. The van der Waals surface area contributed by atoms with E-state index in [1.165, 1.54) is 6.07 Å². The minimum Gasteiger partial charge on any atom is -0.494 e. The Kier molecular flexibility index (Phi) is 8.62. The predicted molar refractivity (Wildman–Crippen MR) is 154 cm³/mol. The van der Waals surface area contributed by atoms with Gasteiger partial charge in [-0.15, -0.1) is 0 Å². The summed E-state index contributed by atoms with van der Waals surface area (Å²) in [5.74, 6) is -1.42. The van der Waals surface area contributed by atoms with Crippen molar-refractivity contribution in [1.29, 1.82) is 0 Å². The number of carbonyl (C=O) groups excluding carboxylic acids is 2. The Labute approximate surface area is 241 Å². The van der Waals surface area contributed by atoms with E-state index in [4.69, 9.17) is 4.74 Å². The van der Waals surface area contributed by atoms with Crippen LogP contribution in [0.1, 0.15) is 34.1 Å². The summed E-state index contributed by atoms with van der Waals surface area (Å²) in [6, 6.07) is 27.4. The molecule has 0 spiro atoms. The number of carbonyl (C=O) groups is 2. The summed E-state index contributed by atoms with van der Waals surface area (Å²) in [5.41, 5.74) is 3.31. The second-order valence-electron chi connectivity index (χ2n) is 9.33. The lowest BCUT2D eigenvalue weighted by Crippen LogP contribution is -2.48. The van der Waals surface area contributed by atoms with Crippen LogP contribution in [0.2, 0.25) is 0 Å². The fourth-order valence-electron chi connectivity index (χ4n) is 4.80. The fraction of sp³-hybridized carbons (Fsp3) is 0.125. The molecule has 3 aromatic carbocycles. The molecule has 2 N–H and O–H groups in total. The van der Waals surface area contributed by atoms with Gasteiger partial charge in [0.15, 0.2) is 0 Å². The molecule has 0 radical (unpaired) electrons. The average Bonchev–Trinajstić information content (AvgIpc) is 3.53. The van der Waals surface area contributed by atoms with Crippen LogP contribution in [0.3, 0.4) is 0 Å². The highest BCUT2D eigenvalue weighted by molar-refractivity contribution is 6.01. The van der Waals surface area contributed by atoms with Crippen molar-refractivity contribution in [2.24, 2.45) is 0 Å². The molecule has 5 rings (SSSR count). The van der Waals surface area contributed by atoms with Crippen LogP contribution >= 0.6 is 0 Å².